The molecule has 8 nitrogen and oxygen atoms in total. The molecule has 0 fully saturated rings. The summed E-state index contributed by atoms with van der Waals surface area (Å²) in [6.07, 6.45) is 0.823. The number of halogens is 1. The Balaban J connectivity index is 2.27. The quantitative estimate of drug-likeness (QED) is 0.512. The minimum Gasteiger partial charge on any atom is -0.443 e. The van der Waals surface area contributed by atoms with E-state index < -0.39 is 11.7 Å². The topological polar surface area (TPSA) is 85.2 Å². The molecule has 2 aromatic heterocycles. The average Bonchev–Trinajstić information content (AvgIpc) is 2.67. The zero-order chi connectivity index (χ0) is 15.8. The number of fused-ring (bicyclic) bond motifs is 1. The highest BCUT2D eigenvalue weighted by Gasteiger charge is 2.20. The van der Waals surface area contributed by atoms with Crippen molar-refractivity contribution in [2.45, 2.75) is 26.4 Å². The van der Waals surface area contributed by atoms with E-state index in [1.54, 1.807) is 38.7 Å². The Hall–Kier alpha value is -2.03. The number of hydrogen-bond acceptors (Lipinski definition) is 6. The van der Waals surface area contributed by atoms with Gasteiger partial charge in [-0.25, -0.2) is 15.2 Å². The number of imidazole rings is 1. The normalized spacial score (nSPS) is 11.5. The van der Waals surface area contributed by atoms with Gasteiger partial charge in [-0.3, -0.25) is 0 Å². The molecular weight excluding hydrogens is 294 g/mol. The van der Waals surface area contributed by atoms with Gasteiger partial charge in [-0.1, -0.05) is 0 Å². The molecule has 2 aromatic rings. The van der Waals surface area contributed by atoms with Gasteiger partial charge in [-0.2, -0.15) is 9.97 Å². The molecule has 0 aliphatic rings. The number of nitrogens with one attached hydrogen (secondary N) is 1. The lowest BCUT2D eigenvalue weighted by molar-refractivity contribution is 0.0531. The molecule has 0 saturated heterocycles. The molecule has 0 aliphatic heterocycles. The van der Waals surface area contributed by atoms with Crippen LogP contribution in [-0.4, -0.2) is 39.2 Å². The predicted octanol–water partition coefficient (Wildman–Crippen LogP) is 1.35. The smallest absolute Gasteiger partial charge is 0.425 e. The maximum Gasteiger partial charge on any atom is 0.425 e. The van der Waals surface area contributed by atoms with Crippen molar-refractivity contribution in [1.29, 1.82) is 0 Å². The second kappa shape index (κ2) is 5.40. The van der Waals surface area contributed by atoms with E-state index in [9.17, 15) is 4.79 Å². The van der Waals surface area contributed by atoms with Gasteiger partial charge in [0.25, 0.3) is 7.98 Å². The van der Waals surface area contributed by atoms with Crippen molar-refractivity contribution in [1.82, 2.24) is 24.9 Å². The van der Waals surface area contributed by atoms with Gasteiger partial charge in [0, 0.05) is 7.05 Å². The van der Waals surface area contributed by atoms with Crippen LogP contribution in [0.25, 0.3) is 11.2 Å². The van der Waals surface area contributed by atoms with Gasteiger partial charge in [0.1, 0.15) is 5.60 Å². The van der Waals surface area contributed by atoms with Crippen molar-refractivity contribution in [3.05, 3.63) is 11.6 Å². The Labute approximate surface area is 127 Å². The standard InChI is InChI=1S/C11H14BClN6O2/c1-11(2,3)21-10(20)17-19(12)8-6-7(15-9(13)16-8)18(4)5-14-6/h5H,1-4H3,(H,17,20). The predicted molar refractivity (Wildman–Crippen MR) is 78.9 cm³/mol. The third-order valence-corrected chi connectivity index (χ3v) is 2.52. The van der Waals surface area contributed by atoms with Crippen molar-refractivity contribution >= 4 is 42.7 Å². The summed E-state index contributed by atoms with van der Waals surface area (Å²) in [7, 11) is 7.54. The van der Waals surface area contributed by atoms with Crippen molar-refractivity contribution < 1.29 is 9.53 Å². The van der Waals surface area contributed by atoms with Crippen LogP contribution in [-0.2, 0) is 11.8 Å². The number of anilines is 1. The zero-order valence-corrected chi connectivity index (χ0v) is 12.8. The maximum atomic E-state index is 11.7. The van der Waals surface area contributed by atoms with Gasteiger partial charge in [-0.15, -0.1) is 0 Å². The number of hydrazine groups is 1. The van der Waals surface area contributed by atoms with Gasteiger partial charge in [0.15, 0.2) is 17.0 Å². The third kappa shape index (κ3) is 3.54. The first kappa shape index (κ1) is 15.4. The second-order valence-electron chi connectivity index (χ2n) is 5.33. The molecule has 2 radical (unpaired) electrons. The highest BCUT2D eigenvalue weighted by molar-refractivity contribution is 6.29. The lowest BCUT2D eigenvalue weighted by Gasteiger charge is -2.24. The first-order chi connectivity index (χ1) is 9.67. The number of nitrogens with zero attached hydrogens (tertiary/aromatic N) is 5. The minimum atomic E-state index is -0.719. The van der Waals surface area contributed by atoms with Crippen LogP contribution in [0.1, 0.15) is 20.8 Å². The van der Waals surface area contributed by atoms with E-state index in [4.69, 9.17) is 24.3 Å². The summed E-state index contributed by atoms with van der Waals surface area (Å²) < 4.78 is 6.76. The van der Waals surface area contributed by atoms with Crippen LogP contribution in [0.15, 0.2) is 6.33 Å². The number of aromatic nitrogens is 4. The largest absolute Gasteiger partial charge is 0.443 e. The molecule has 2 rings (SSSR count). The molecule has 2 heterocycles. The monoisotopic (exact) mass is 308 g/mol. The molecule has 0 unspecified atom stereocenters. The zero-order valence-electron chi connectivity index (χ0n) is 12.1. The third-order valence-electron chi connectivity index (χ3n) is 2.35. The molecule has 0 aromatic carbocycles. The van der Waals surface area contributed by atoms with Crippen LogP contribution in [0, 0.1) is 0 Å². The van der Waals surface area contributed by atoms with Crippen molar-refractivity contribution in [2.75, 3.05) is 4.92 Å². The lowest BCUT2D eigenvalue weighted by Crippen LogP contribution is -2.44. The van der Waals surface area contributed by atoms with Crippen LogP contribution in [0.3, 0.4) is 0 Å². The number of ether oxygens (including phenoxy) is 1. The molecule has 1 N–H and O–H groups in total. The van der Waals surface area contributed by atoms with E-state index in [2.05, 4.69) is 20.4 Å². The summed E-state index contributed by atoms with van der Waals surface area (Å²) in [5.74, 6) is 0.163. The molecule has 0 saturated carbocycles. The molecule has 10 heteroatoms. The Kier molecular flexibility index (Phi) is 3.95. The SMILES string of the molecule is [B]N(NC(=O)OC(C)(C)C)c1nc(Cl)nc2c1ncn2C. The fourth-order valence-electron chi connectivity index (χ4n) is 1.59. The molecule has 0 spiro atoms. The molecule has 0 atom stereocenters. The van der Waals surface area contributed by atoms with Crippen LogP contribution in [0.5, 0.6) is 0 Å². The number of carbonyl (C=O) groups is 1. The Bertz CT molecular complexity index is 683. The number of rotatable bonds is 2. The molecule has 110 valence electrons. The first-order valence-electron chi connectivity index (χ1n) is 6.06. The maximum absolute atomic E-state index is 11.7. The van der Waals surface area contributed by atoms with Crippen LogP contribution in [0.2, 0.25) is 5.28 Å². The first-order valence-corrected chi connectivity index (χ1v) is 6.44. The van der Waals surface area contributed by atoms with E-state index in [1.165, 1.54) is 0 Å². The number of aryl methyl sites for hydroxylation is 1. The molecule has 0 aliphatic carbocycles. The second-order valence-corrected chi connectivity index (χ2v) is 5.67. The number of carbonyl (C=O) groups excluding carboxylic acids is 1. The fourth-order valence-corrected chi connectivity index (χ4v) is 1.75. The van der Waals surface area contributed by atoms with Gasteiger partial charge in [-0.05, 0) is 32.4 Å². The van der Waals surface area contributed by atoms with Crippen LogP contribution in [0.4, 0.5) is 10.6 Å². The summed E-state index contributed by atoms with van der Waals surface area (Å²) in [4.78, 5) is 24.8. The molecule has 21 heavy (non-hydrogen) atoms. The lowest BCUT2D eigenvalue weighted by atomic mass is 10.2. The Morgan fingerprint density at radius 2 is 2.14 bits per heavy atom. The van der Waals surface area contributed by atoms with Crippen molar-refractivity contribution in [3.63, 3.8) is 0 Å². The number of amides is 1. The summed E-state index contributed by atoms with van der Waals surface area (Å²) in [5, 5.41) is -0.0115. The van der Waals surface area contributed by atoms with Crippen LogP contribution < -0.4 is 10.3 Å². The summed E-state index contributed by atoms with van der Waals surface area (Å²) in [6, 6.07) is 0. The summed E-state index contributed by atoms with van der Waals surface area (Å²) >= 11 is 5.85. The molecular formula is C11H14BClN6O2. The van der Waals surface area contributed by atoms with Crippen molar-refractivity contribution in [3.8, 4) is 0 Å². The Morgan fingerprint density at radius 1 is 1.48 bits per heavy atom. The summed E-state index contributed by atoms with van der Waals surface area (Å²) in [6.45, 7) is 5.23. The number of hydrogen-bond donors (Lipinski definition) is 1. The summed E-state index contributed by atoms with van der Waals surface area (Å²) in [5.41, 5.74) is 2.58. The minimum absolute atomic E-state index is 0.0115. The highest BCUT2D eigenvalue weighted by Crippen LogP contribution is 2.21. The van der Waals surface area contributed by atoms with Crippen LogP contribution >= 0.6 is 11.6 Å². The van der Waals surface area contributed by atoms with E-state index in [0.29, 0.717) is 11.2 Å². The molecule has 0 bridgehead atoms. The van der Waals surface area contributed by atoms with Gasteiger partial charge in [0.2, 0.25) is 5.28 Å². The highest BCUT2D eigenvalue weighted by atomic mass is 35.5. The van der Waals surface area contributed by atoms with Crippen molar-refractivity contribution in [2.24, 2.45) is 7.05 Å². The van der Waals surface area contributed by atoms with Gasteiger partial charge < -0.3 is 14.2 Å². The Morgan fingerprint density at radius 3 is 2.76 bits per heavy atom. The van der Waals surface area contributed by atoms with E-state index in [-0.39, 0.29) is 11.1 Å². The van der Waals surface area contributed by atoms with E-state index >= 15 is 0 Å². The molecule has 1 amide bonds. The van der Waals surface area contributed by atoms with E-state index in [1.807, 2.05) is 0 Å². The average molecular weight is 309 g/mol. The van der Waals surface area contributed by atoms with Gasteiger partial charge in [0.05, 0.1) is 6.33 Å². The fraction of sp³-hybridized carbons (Fsp3) is 0.455. The van der Waals surface area contributed by atoms with Gasteiger partial charge >= 0.3 is 6.09 Å². The van der Waals surface area contributed by atoms with E-state index in [0.717, 1.165) is 4.92 Å².